The van der Waals surface area contributed by atoms with Gasteiger partial charge in [0.25, 0.3) is 0 Å². The minimum atomic E-state index is -0.119. The zero-order chi connectivity index (χ0) is 15.5. The Hall–Kier alpha value is -1.46. The summed E-state index contributed by atoms with van der Waals surface area (Å²) >= 11 is 0. The molecule has 1 saturated heterocycles. The van der Waals surface area contributed by atoms with E-state index in [1.165, 1.54) is 0 Å². The Kier molecular flexibility index (Phi) is 6.13. The van der Waals surface area contributed by atoms with Crippen LogP contribution in [0, 0.1) is 5.92 Å². The van der Waals surface area contributed by atoms with E-state index in [4.69, 9.17) is 15.2 Å². The van der Waals surface area contributed by atoms with Crippen LogP contribution in [0.1, 0.15) is 24.8 Å². The maximum Gasteiger partial charge on any atom is 0.229 e. The van der Waals surface area contributed by atoms with Gasteiger partial charge in [-0.05, 0) is 49.4 Å². The molecule has 2 atom stereocenters. The highest BCUT2D eigenvalue weighted by Crippen LogP contribution is 2.32. The molecule has 3 rings (SSSR count). The molecule has 1 aromatic carbocycles. The number of nitrogens with zero attached hydrogens (tertiary/aromatic N) is 1. The zero-order valence-corrected chi connectivity index (χ0v) is 14.3. The molecule has 2 unspecified atom stereocenters. The molecule has 2 N–H and O–H groups in total. The molecule has 1 fully saturated rings. The average molecular weight is 341 g/mol. The van der Waals surface area contributed by atoms with Gasteiger partial charge in [0.05, 0.1) is 13.0 Å². The molecular weight excluding hydrogens is 316 g/mol. The third-order valence-corrected chi connectivity index (χ3v) is 4.71. The van der Waals surface area contributed by atoms with Crippen molar-refractivity contribution in [3.05, 3.63) is 23.8 Å². The number of nitrogens with two attached hydrogens (primary N) is 1. The average Bonchev–Trinajstić information content (AvgIpc) is 2.60. The number of carbonyl (C=O) groups is 1. The lowest BCUT2D eigenvalue weighted by Crippen LogP contribution is -2.51. The Morgan fingerprint density at radius 2 is 2.26 bits per heavy atom. The highest BCUT2D eigenvalue weighted by atomic mass is 35.5. The van der Waals surface area contributed by atoms with Crippen molar-refractivity contribution in [1.82, 2.24) is 4.90 Å². The van der Waals surface area contributed by atoms with Crippen LogP contribution in [0.25, 0.3) is 0 Å². The first-order valence-electron chi connectivity index (χ1n) is 8.03. The van der Waals surface area contributed by atoms with Gasteiger partial charge in [0.1, 0.15) is 18.1 Å². The van der Waals surface area contributed by atoms with Crippen molar-refractivity contribution >= 4 is 18.3 Å². The Balaban J connectivity index is 0.00000192. The molecule has 0 bridgehead atoms. The fourth-order valence-electron chi connectivity index (χ4n) is 3.43. The molecule has 0 aromatic heterocycles. The van der Waals surface area contributed by atoms with Gasteiger partial charge in [-0.2, -0.15) is 0 Å². The molecule has 0 spiro atoms. The fourth-order valence-corrected chi connectivity index (χ4v) is 3.43. The van der Waals surface area contributed by atoms with Gasteiger partial charge in [-0.1, -0.05) is 0 Å². The largest absolute Gasteiger partial charge is 0.497 e. The van der Waals surface area contributed by atoms with E-state index in [9.17, 15) is 4.79 Å². The quantitative estimate of drug-likeness (QED) is 0.914. The molecule has 5 nitrogen and oxygen atoms in total. The minimum Gasteiger partial charge on any atom is -0.497 e. The van der Waals surface area contributed by atoms with Gasteiger partial charge in [0, 0.05) is 19.1 Å². The molecule has 23 heavy (non-hydrogen) atoms. The number of ether oxygens (including phenoxy) is 2. The number of methoxy groups -OCH3 is 1. The number of carbonyl (C=O) groups excluding carboxylic acids is 1. The summed E-state index contributed by atoms with van der Waals surface area (Å²) in [6.45, 7) is 1.82. The Bertz CT molecular complexity index is 553. The second-order valence-electron chi connectivity index (χ2n) is 6.10. The van der Waals surface area contributed by atoms with E-state index in [1.54, 1.807) is 7.11 Å². The van der Waals surface area contributed by atoms with Gasteiger partial charge in [-0.15, -0.1) is 12.4 Å². The first-order valence-corrected chi connectivity index (χ1v) is 8.03. The van der Waals surface area contributed by atoms with Gasteiger partial charge in [0.15, 0.2) is 0 Å². The Labute approximate surface area is 143 Å². The van der Waals surface area contributed by atoms with Crippen molar-refractivity contribution in [3.8, 4) is 11.5 Å². The number of hydrogen-bond donors (Lipinski definition) is 1. The van der Waals surface area contributed by atoms with Crippen LogP contribution in [0.4, 0.5) is 0 Å². The maximum absolute atomic E-state index is 12.8. The monoisotopic (exact) mass is 340 g/mol. The lowest BCUT2D eigenvalue weighted by Gasteiger charge is -2.38. The third kappa shape index (κ3) is 3.72. The lowest BCUT2D eigenvalue weighted by molar-refractivity contribution is -0.140. The summed E-state index contributed by atoms with van der Waals surface area (Å²) in [6, 6.07) is 5.95. The minimum absolute atomic E-state index is 0. The normalized spacial score (nSPS) is 23.3. The highest BCUT2D eigenvalue weighted by molar-refractivity contribution is 5.85. The predicted molar refractivity (Wildman–Crippen MR) is 91.3 cm³/mol. The number of hydrogen-bond acceptors (Lipinski definition) is 4. The summed E-state index contributed by atoms with van der Waals surface area (Å²) in [5.41, 5.74) is 6.88. The second-order valence-corrected chi connectivity index (χ2v) is 6.10. The van der Waals surface area contributed by atoms with E-state index >= 15 is 0 Å². The van der Waals surface area contributed by atoms with Gasteiger partial charge < -0.3 is 20.1 Å². The van der Waals surface area contributed by atoms with Gasteiger partial charge >= 0.3 is 0 Å². The van der Waals surface area contributed by atoms with E-state index in [0.717, 1.165) is 42.9 Å². The van der Waals surface area contributed by atoms with Crippen molar-refractivity contribution in [2.45, 2.75) is 31.7 Å². The first-order chi connectivity index (χ1) is 10.7. The number of fused-ring (bicyclic) bond motifs is 1. The van der Waals surface area contributed by atoms with Crippen LogP contribution in [0.15, 0.2) is 18.2 Å². The van der Waals surface area contributed by atoms with Crippen LogP contribution in [0.5, 0.6) is 11.5 Å². The molecule has 128 valence electrons. The summed E-state index contributed by atoms with van der Waals surface area (Å²) in [4.78, 5) is 14.8. The molecule has 6 heteroatoms. The van der Waals surface area contributed by atoms with Gasteiger partial charge in [-0.3, -0.25) is 4.79 Å². The van der Waals surface area contributed by atoms with Crippen molar-refractivity contribution in [2.24, 2.45) is 11.7 Å². The molecule has 2 heterocycles. The number of rotatable bonds is 3. The summed E-state index contributed by atoms with van der Waals surface area (Å²) in [5.74, 6) is 1.72. The van der Waals surface area contributed by atoms with Gasteiger partial charge in [0.2, 0.25) is 5.91 Å². The van der Waals surface area contributed by atoms with Crippen LogP contribution in [-0.4, -0.2) is 43.7 Å². The standard InChI is InChI=1S/C17H24N2O3.ClH/c1-21-15-5-6-16-12(9-15)8-13(11-22-16)17(20)19-7-3-2-4-14(19)10-18;/h5-6,9,13-14H,2-4,7-8,10-11,18H2,1H3;1H. The molecule has 0 radical (unpaired) electrons. The Morgan fingerprint density at radius 1 is 1.43 bits per heavy atom. The van der Waals surface area contributed by atoms with Crippen molar-refractivity contribution in [3.63, 3.8) is 0 Å². The number of halogens is 1. The van der Waals surface area contributed by atoms with E-state index in [1.807, 2.05) is 23.1 Å². The fraction of sp³-hybridized carbons (Fsp3) is 0.588. The smallest absolute Gasteiger partial charge is 0.229 e. The molecule has 2 aliphatic rings. The molecular formula is C17H25ClN2O3. The van der Waals surface area contributed by atoms with Gasteiger partial charge in [-0.25, -0.2) is 0 Å². The topological polar surface area (TPSA) is 64.8 Å². The van der Waals surface area contributed by atoms with Crippen molar-refractivity contribution in [1.29, 1.82) is 0 Å². The first kappa shape index (κ1) is 17.9. The Morgan fingerprint density at radius 3 is 3.00 bits per heavy atom. The van der Waals surface area contributed by atoms with Crippen LogP contribution >= 0.6 is 12.4 Å². The van der Waals surface area contributed by atoms with Crippen LogP contribution in [0.3, 0.4) is 0 Å². The molecule has 0 saturated carbocycles. The molecule has 1 amide bonds. The SMILES string of the molecule is COc1ccc2c(c1)CC(C(=O)N1CCCCC1CN)CO2.Cl. The number of piperidine rings is 1. The molecule has 2 aliphatic heterocycles. The third-order valence-electron chi connectivity index (χ3n) is 4.71. The van der Waals surface area contributed by atoms with E-state index in [-0.39, 0.29) is 30.3 Å². The van der Waals surface area contributed by atoms with Crippen LogP contribution < -0.4 is 15.2 Å². The predicted octanol–water partition coefficient (Wildman–Crippen LogP) is 2.01. The van der Waals surface area contributed by atoms with E-state index in [2.05, 4.69) is 0 Å². The van der Waals surface area contributed by atoms with Crippen LogP contribution in [-0.2, 0) is 11.2 Å². The summed E-state index contributed by atoms with van der Waals surface area (Å²) in [7, 11) is 1.65. The number of amides is 1. The molecule has 1 aromatic rings. The second kappa shape index (κ2) is 7.88. The maximum atomic E-state index is 12.8. The van der Waals surface area contributed by atoms with Crippen molar-refractivity contribution in [2.75, 3.05) is 26.8 Å². The lowest BCUT2D eigenvalue weighted by atomic mass is 9.93. The van der Waals surface area contributed by atoms with E-state index < -0.39 is 0 Å². The number of likely N-dealkylation sites (tertiary alicyclic amines) is 1. The number of benzene rings is 1. The van der Waals surface area contributed by atoms with E-state index in [0.29, 0.717) is 19.6 Å². The molecule has 0 aliphatic carbocycles. The summed E-state index contributed by atoms with van der Waals surface area (Å²) < 4.78 is 11.0. The highest BCUT2D eigenvalue weighted by Gasteiger charge is 2.33. The van der Waals surface area contributed by atoms with Crippen molar-refractivity contribution < 1.29 is 14.3 Å². The van der Waals surface area contributed by atoms with Crippen LogP contribution in [0.2, 0.25) is 0 Å². The summed E-state index contributed by atoms with van der Waals surface area (Å²) in [5, 5.41) is 0. The zero-order valence-electron chi connectivity index (χ0n) is 13.5. The summed E-state index contributed by atoms with van der Waals surface area (Å²) in [6.07, 6.45) is 3.95.